The molecule has 0 fully saturated rings. The Kier molecular flexibility index (Phi) is 7.78. The Morgan fingerprint density at radius 2 is 1.89 bits per heavy atom. The van der Waals surface area contributed by atoms with E-state index in [2.05, 4.69) is 10.0 Å². The predicted molar refractivity (Wildman–Crippen MR) is 103 cm³/mol. The van der Waals surface area contributed by atoms with E-state index in [9.17, 15) is 18.3 Å². The molecule has 0 saturated carbocycles. The lowest BCUT2D eigenvalue weighted by Crippen LogP contribution is -2.26. The van der Waals surface area contributed by atoms with E-state index in [0.29, 0.717) is 31.9 Å². The first-order valence-corrected chi connectivity index (χ1v) is 10.1. The first-order valence-electron chi connectivity index (χ1n) is 8.66. The highest BCUT2D eigenvalue weighted by Gasteiger charge is 2.18. The summed E-state index contributed by atoms with van der Waals surface area (Å²) in [6, 6.07) is 13.5. The van der Waals surface area contributed by atoms with E-state index in [1.807, 2.05) is 37.3 Å². The first kappa shape index (κ1) is 20.9. The molecule has 0 aliphatic carbocycles. The second-order valence-electron chi connectivity index (χ2n) is 5.80. The van der Waals surface area contributed by atoms with Crippen LogP contribution in [-0.2, 0) is 21.3 Å². The van der Waals surface area contributed by atoms with Crippen molar-refractivity contribution in [2.45, 2.75) is 24.8 Å². The van der Waals surface area contributed by atoms with Crippen LogP contribution in [0, 0.1) is 0 Å². The SMILES string of the molecule is CCOCCCNS(=O)(=O)c1ccc(NCc2ccccc2)c(C(=O)O)c1. The van der Waals surface area contributed by atoms with Crippen LogP contribution >= 0.6 is 0 Å². The van der Waals surface area contributed by atoms with Crippen molar-refractivity contribution in [3.05, 3.63) is 59.7 Å². The van der Waals surface area contributed by atoms with Gasteiger partial charge in [-0.15, -0.1) is 0 Å². The van der Waals surface area contributed by atoms with E-state index in [-0.39, 0.29) is 17.0 Å². The standard InChI is InChI=1S/C19H24N2O5S/c1-2-26-12-6-11-21-27(24,25)16-9-10-18(17(13-16)19(22)23)20-14-15-7-4-3-5-8-15/h3-5,7-10,13,20-21H,2,6,11-12,14H2,1H3,(H,22,23). The van der Waals surface area contributed by atoms with Gasteiger partial charge in [-0.3, -0.25) is 0 Å². The summed E-state index contributed by atoms with van der Waals surface area (Å²) in [4.78, 5) is 11.5. The van der Waals surface area contributed by atoms with Crippen LogP contribution in [0.5, 0.6) is 0 Å². The second kappa shape index (κ2) is 10.1. The summed E-state index contributed by atoms with van der Waals surface area (Å²) in [5, 5.41) is 12.5. The molecule has 0 aliphatic rings. The molecule has 0 saturated heterocycles. The van der Waals surface area contributed by atoms with Crippen LogP contribution in [0.15, 0.2) is 53.4 Å². The van der Waals surface area contributed by atoms with Gasteiger partial charge in [-0.05, 0) is 37.1 Å². The van der Waals surface area contributed by atoms with Gasteiger partial charge in [0.15, 0.2) is 0 Å². The normalized spacial score (nSPS) is 11.3. The molecule has 2 aromatic rings. The Morgan fingerprint density at radius 3 is 2.56 bits per heavy atom. The highest BCUT2D eigenvalue weighted by Crippen LogP contribution is 2.21. The fourth-order valence-corrected chi connectivity index (χ4v) is 3.52. The van der Waals surface area contributed by atoms with Gasteiger partial charge in [0.05, 0.1) is 10.5 Å². The van der Waals surface area contributed by atoms with Crippen LogP contribution in [0.3, 0.4) is 0 Å². The van der Waals surface area contributed by atoms with E-state index in [4.69, 9.17) is 4.74 Å². The average molecular weight is 392 g/mol. The zero-order valence-corrected chi connectivity index (χ0v) is 16.0. The Hall–Kier alpha value is -2.42. The number of sulfonamides is 1. The van der Waals surface area contributed by atoms with Crippen molar-refractivity contribution in [3.63, 3.8) is 0 Å². The zero-order chi connectivity index (χ0) is 19.7. The van der Waals surface area contributed by atoms with Gasteiger partial charge >= 0.3 is 5.97 Å². The third-order valence-corrected chi connectivity index (χ3v) is 5.28. The molecule has 8 heteroatoms. The van der Waals surface area contributed by atoms with Crippen molar-refractivity contribution in [3.8, 4) is 0 Å². The van der Waals surface area contributed by atoms with Crippen molar-refractivity contribution < 1.29 is 23.1 Å². The molecule has 2 rings (SSSR count). The molecule has 0 bridgehead atoms. The predicted octanol–water partition coefficient (Wildman–Crippen LogP) is 2.70. The van der Waals surface area contributed by atoms with Gasteiger partial charge < -0.3 is 15.2 Å². The molecule has 0 heterocycles. The minimum Gasteiger partial charge on any atom is -0.478 e. The average Bonchev–Trinajstić information content (AvgIpc) is 2.66. The topological polar surface area (TPSA) is 105 Å². The lowest BCUT2D eigenvalue weighted by atomic mass is 10.1. The summed E-state index contributed by atoms with van der Waals surface area (Å²) < 4.78 is 32.3. The smallest absolute Gasteiger partial charge is 0.337 e. The molecule has 146 valence electrons. The fraction of sp³-hybridized carbons (Fsp3) is 0.316. The van der Waals surface area contributed by atoms with Crippen LogP contribution in [-0.4, -0.2) is 39.3 Å². The van der Waals surface area contributed by atoms with Crippen molar-refractivity contribution in [2.75, 3.05) is 25.1 Å². The summed E-state index contributed by atoms with van der Waals surface area (Å²) >= 11 is 0. The van der Waals surface area contributed by atoms with Crippen LogP contribution in [0.1, 0.15) is 29.3 Å². The lowest BCUT2D eigenvalue weighted by molar-refractivity contribution is 0.0697. The molecule has 0 aromatic heterocycles. The summed E-state index contributed by atoms with van der Waals surface area (Å²) in [5.41, 5.74) is 1.26. The van der Waals surface area contributed by atoms with E-state index < -0.39 is 16.0 Å². The number of carboxylic acid groups (broad SMARTS) is 1. The summed E-state index contributed by atoms with van der Waals surface area (Å²) in [6.45, 7) is 3.56. The number of nitrogens with one attached hydrogen (secondary N) is 2. The third kappa shape index (κ3) is 6.35. The molecule has 27 heavy (non-hydrogen) atoms. The Bertz CT molecular complexity index is 854. The van der Waals surface area contributed by atoms with E-state index >= 15 is 0 Å². The van der Waals surface area contributed by atoms with Gasteiger partial charge in [0.1, 0.15) is 0 Å². The monoisotopic (exact) mass is 392 g/mol. The van der Waals surface area contributed by atoms with Crippen LogP contribution in [0.2, 0.25) is 0 Å². The molecule has 3 N–H and O–H groups in total. The number of benzene rings is 2. The highest BCUT2D eigenvalue weighted by atomic mass is 32.2. The van der Waals surface area contributed by atoms with Gasteiger partial charge in [0, 0.05) is 32.0 Å². The van der Waals surface area contributed by atoms with Gasteiger partial charge in [-0.25, -0.2) is 17.9 Å². The number of hydrogen-bond acceptors (Lipinski definition) is 5. The number of hydrogen-bond donors (Lipinski definition) is 3. The fourth-order valence-electron chi connectivity index (χ4n) is 2.42. The molecule has 0 atom stereocenters. The lowest BCUT2D eigenvalue weighted by Gasteiger charge is -2.12. The molecule has 0 aliphatic heterocycles. The van der Waals surface area contributed by atoms with Crippen molar-refractivity contribution in [2.24, 2.45) is 0 Å². The van der Waals surface area contributed by atoms with Gasteiger partial charge in [0.2, 0.25) is 10.0 Å². The van der Waals surface area contributed by atoms with Crippen molar-refractivity contribution in [1.82, 2.24) is 4.72 Å². The molecule has 2 aromatic carbocycles. The Balaban J connectivity index is 2.10. The van der Waals surface area contributed by atoms with Crippen LogP contribution in [0.4, 0.5) is 5.69 Å². The largest absolute Gasteiger partial charge is 0.478 e. The van der Waals surface area contributed by atoms with E-state index in [1.165, 1.54) is 18.2 Å². The Labute approximate surface area is 159 Å². The number of carbonyl (C=O) groups is 1. The highest BCUT2D eigenvalue weighted by molar-refractivity contribution is 7.89. The number of aromatic carboxylic acids is 1. The number of ether oxygens (including phenoxy) is 1. The molecule has 0 radical (unpaired) electrons. The number of carboxylic acids is 1. The summed E-state index contributed by atoms with van der Waals surface area (Å²) in [6.07, 6.45) is 0.537. The number of anilines is 1. The molecular weight excluding hydrogens is 368 g/mol. The maximum atomic E-state index is 12.4. The van der Waals surface area contributed by atoms with E-state index in [1.54, 1.807) is 0 Å². The first-order chi connectivity index (χ1) is 12.9. The van der Waals surface area contributed by atoms with Gasteiger partial charge in [0.25, 0.3) is 0 Å². The molecule has 0 unspecified atom stereocenters. The van der Waals surface area contributed by atoms with Crippen LogP contribution < -0.4 is 10.0 Å². The molecule has 0 spiro atoms. The quantitative estimate of drug-likeness (QED) is 0.508. The number of rotatable bonds is 11. The van der Waals surface area contributed by atoms with Crippen molar-refractivity contribution in [1.29, 1.82) is 0 Å². The maximum Gasteiger partial charge on any atom is 0.337 e. The van der Waals surface area contributed by atoms with Gasteiger partial charge in [-0.1, -0.05) is 30.3 Å². The van der Waals surface area contributed by atoms with Gasteiger partial charge in [-0.2, -0.15) is 0 Å². The van der Waals surface area contributed by atoms with Crippen molar-refractivity contribution >= 4 is 21.7 Å². The summed E-state index contributed by atoms with van der Waals surface area (Å²) in [5.74, 6) is -1.20. The second-order valence-corrected chi connectivity index (χ2v) is 7.57. The third-order valence-electron chi connectivity index (χ3n) is 3.82. The molecule has 7 nitrogen and oxygen atoms in total. The maximum absolute atomic E-state index is 12.4. The summed E-state index contributed by atoms with van der Waals surface area (Å²) in [7, 11) is -3.78. The molecular formula is C19H24N2O5S. The molecule has 0 amide bonds. The van der Waals surface area contributed by atoms with E-state index in [0.717, 1.165) is 5.56 Å². The minimum absolute atomic E-state index is 0.0819. The Morgan fingerprint density at radius 1 is 1.15 bits per heavy atom. The minimum atomic E-state index is -3.78. The van der Waals surface area contributed by atoms with Crippen LogP contribution in [0.25, 0.3) is 0 Å². The zero-order valence-electron chi connectivity index (χ0n) is 15.1.